The Labute approximate surface area is 216 Å². The zero-order chi connectivity index (χ0) is 27.3. The first kappa shape index (κ1) is 27.4. The van der Waals surface area contributed by atoms with Gasteiger partial charge in [0.25, 0.3) is 0 Å². The molecule has 1 saturated carbocycles. The Kier molecular flexibility index (Phi) is 7.13. The van der Waals surface area contributed by atoms with Gasteiger partial charge in [-0.2, -0.15) is 0 Å². The van der Waals surface area contributed by atoms with Crippen LogP contribution >= 0.6 is 0 Å². The van der Waals surface area contributed by atoms with E-state index >= 15 is 0 Å². The van der Waals surface area contributed by atoms with Crippen LogP contribution in [0.25, 0.3) is 0 Å². The van der Waals surface area contributed by atoms with Crippen molar-refractivity contribution in [1.82, 2.24) is 0 Å². The molecular formula is C28H36O9. The molecule has 1 heterocycles. The van der Waals surface area contributed by atoms with Gasteiger partial charge in [-0.05, 0) is 58.2 Å². The molecule has 0 radical (unpaired) electrons. The number of para-hydroxylation sites is 1. The lowest BCUT2D eigenvalue weighted by molar-refractivity contribution is -0.325. The summed E-state index contributed by atoms with van der Waals surface area (Å²) < 4.78 is 17.3. The lowest BCUT2D eigenvalue weighted by Gasteiger charge is -2.63. The fourth-order valence-electron chi connectivity index (χ4n) is 6.71. The number of esters is 2. The molecular weight excluding hydrogens is 480 g/mol. The molecule has 0 bridgehead atoms. The number of aliphatic hydroxyl groups is 3. The maximum absolute atomic E-state index is 14.2. The number of benzene rings is 1. The molecule has 4 rings (SSSR count). The van der Waals surface area contributed by atoms with E-state index in [1.165, 1.54) is 27.7 Å². The van der Waals surface area contributed by atoms with Crippen LogP contribution in [0.5, 0.6) is 5.75 Å². The van der Waals surface area contributed by atoms with Crippen LogP contribution in [0.15, 0.2) is 41.5 Å². The number of carbonyl (C=O) groups excluding carboxylic acids is 3. The Morgan fingerprint density at radius 2 is 1.81 bits per heavy atom. The van der Waals surface area contributed by atoms with Gasteiger partial charge in [0.05, 0.1) is 29.6 Å². The van der Waals surface area contributed by atoms with Gasteiger partial charge in [-0.15, -0.1) is 0 Å². The van der Waals surface area contributed by atoms with Crippen LogP contribution < -0.4 is 4.74 Å². The topological polar surface area (TPSA) is 140 Å². The van der Waals surface area contributed by atoms with Crippen molar-refractivity contribution in [3.63, 3.8) is 0 Å². The molecule has 3 aliphatic rings. The average molecular weight is 517 g/mol. The van der Waals surface area contributed by atoms with Crippen molar-refractivity contribution in [2.45, 2.75) is 83.4 Å². The first-order chi connectivity index (χ1) is 17.2. The lowest BCUT2D eigenvalue weighted by atomic mass is 9.50. The smallest absolute Gasteiger partial charge is 0.314 e. The van der Waals surface area contributed by atoms with Gasteiger partial charge < -0.3 is 29.5 Å². The van der Waals surface area contributed by atoms with E-state index in [0.29, 0.717) is 11.3 Å². The molecule has 1 aliphatic heterocycles. The van der Waals surface area contributed by atoms with Crippen molar-refractivity contribution in [3.05, 3.63) is 41.5 Å². The van der Waals surface area contributed by atoms with Crippen LogP contribution in [0.4, 0.5) is 0 Å². The first-order valence-electron chi connectivity index (χ1n) is 12.6. The van der Waals surface area contributed by atoms with E-state index < -0.39 is 64.5 Å². The molecule has 1 aromatic rings. The highest BCUT2D eigenvalue weighted by molar-refractivity contribution is 5.93. The molecule has 7 atom stereocenters. The summed E-state index contributed by atoms with van der Waals surface area (Å²) in [5.41, 5.74) is -3.94. The van der Waals surface area contributed by atoms with Gasteiger partial charge in [0.2, 0.25) is 0 Å². The van der Waals surface area contributed by atoms with Crippen LogP contribution in [0.2, 0.25) is 0 Å². The molecule has 1 saturated heterocycles. The Bertz CT molecular complexity index is 1100. The van der Waals surface area contributed by atoms with Gasteiger partial charge in [0.15, 0.2) is 11.4 Å². The molecule has 0 aromatic heterocycles. The number of Topliss-reactive ketones (excluding diaryl/α,β-unsaturated/α-hetero) is 1. The fraction of sp³-hybridized carbons (Fsp3) is 0.607. The molecule has 2 aliphatic carbocycles. The highest BCUT2D eigenvalue weighted by Gasteiger charge is 2.72. The predicted octanol–water partition coefficient (Wildman–Crippen LogP) is 2.11. The average Bonchev–Trinajstić information content (AvgIpc) is 2.83. The van der Waals surface area contributed by atoms with Crippen LogP contribution in [0.1, 0.15) is 53.9 Å². The van der Waals surface area contributed by atoms with E-state index in [9.17, 15) is 29.7 Å². The number of hydrogen-bond donors (Lipinski definition) is 3. The maximum atomic E-state index is 14.2. The predicted molar refractivity (Wildman–Crippen MR) is 131 cm³/mol. The second-order valence-electron chi connectivity index (χ2n) is 11.3. The number of allylic oxidation sites excluding steroid dienone is 1. The number of carbonyl (C=O) groups is 3. The third-order valence-electron chi connectivity index (χ3n) is 8.36. The number of hydrogen-bond acceptors (Lipinski definition) is 9. The summed E-state index contributed by atoms with van der Waals surface area (Å²) in [4.78, 5) is 40.3. The van der Waals surface area contributed by atoms with Gasteiger partial charge in [-0.3, -0.25) is 14.4 Å². The molecule has 0 amide bonds. The Morgan fingerprint density at radius 1 is 1.16 bits per heavy atom. The van der Waals surface area contributed by atoms with Crippen LogP contribution in [-0.2, 0) is 23.9 Å². The zero-order valence-corrected chi connectivity index (χ0v) is 21.9. The molecule has 37 heavy (non-hydrogen) atoms. The Morgan fingerprint density at radius 3 is 2.35 bits per heavy atom. The van der Waals surface area contributed by atoms with Crippen molar-refractivity contribution < 1.29 is 43.9 Å². The SMILES string of the molecule is CC(=O)O[C@@]12CO[C@@H]1C[C@H](O)[C@@]1(C)C(=O)[C@H](O)/C(C(C)(C)O)=C(\C)CC[C@@H](C(=O)Oc3ccccc3)C12. The summed E-state index contributed by atoms with van der Waals surface area (Å²) in [5, 5.41) is 33.6. The van der Waals surface area contributed by atoms with E-state index in [4.69, 9.17) is 14.2 Å². The van der Waals surface area contributed by atoms with E-state index in [1.54, 1.807) is 37.3 Å². The molecule has 1 unspecified atom stereocenters. The van der Waals surface area contributed by atoms with Crippen molar-refractivity contribution in [3.8, 4) is 5.75 Å². The minimum atomic E-state index is -1.74. The fourth-order valence-corrected chi connectivity index (χ4v) is 6.71. The monoisotopic (exact) mass is 516 g/mol. The summed E-state index contributed by atoms with van der Waals surface area (Å²) in [6, 6.07) is 8.48. The number of ketones is 1. The summed E-state index contributed by atoms with van der Waals surface area (Å²) in [7, 11) is 0. The van der Waals surface area contributed by atoms with Crippen molar-refractivity contribution >= 4 is 17.7 Å². The second-order valence-corrected chi connectivity index (χ2v) is 11.3. The standard InChI is InChI=1S/C28H36O9/c1-15-11-12-18(25(33)36-17-9-7-6-8-10-17)23-27(5,24(32)22(31)21(15)26(3,4)34)19(30)13-20-28(23,14-35-20)37-16(2)29/h6-10,18-20,22-23,30-31,34H,11-14H2,1-5H3/b21-15-/t18-,19+,20-,22-,23?,27-,28+/m1/s1. The number of fused-ring (bicyclic) bond motifs is 3. The Balaban J connectivity index is 1.91. The summed E-state index contributed by atoms with van der Waals surface area (Å²) in [6.45, 7) is 7.35. The number of aliphatic hydroxyl groups excluding tert-OH is 2. The van der Waals surface area contributed by atoms with Gasteiger partial charge in [-0.25, -0.2) is 0 Å². The number of rotatable bonds is 4. The van der Waals surface area contributed by atoms with Crippen LogP contribution in [-0.4, -0.2) is 69.2 Å². The summed E-state index contributed by atoms with van der Waals surface area (Å²) >= 11 is 0. The quantitative estimate of drug-likeness (QED) is 0.312. The molecule has 9 heteroatoms. The van der Waals surface area contributed by atoms with Crippen molar-refractivity contribution in [1.29, 1.82) is 0 Å². The lowest BCUT2D eigenvalue weighted by Crippen LogP contribution is -2.77. The summed E-state index contributed by atoms with van der Waals surface area (Å²) in [6.07, 6.45) is -3.40. The van der Waals surface area contributed by atoms with E-state index in [2.05, 4.69) is 0 Å². The first-order valence-corrected chi connectivity index (χ1v) is 12.6. The van der Waals surface area contributed by atoms with E-state index in [1.807, 2.05) is 0 Å². The molecule has 3 N–H and O–H groups in total. The van der Waals surface area contributed by atoms with Gasteiger partial charge in [0, 0.05) is 19.3 Å². The third-order valence-corrected chi connectivity index (χ3v) is 8.36. The highest BCUT2D eigenvalue weighted by atomic mass is 16.6. The largest absolute Gasteiger partial charge is 0.454 e. The van der Waals surface area contributed by atoms with Crippen molar-refractivity contribution in [2.24, 2.45) is 17.3 Å². The number of ether oxygens (including phenoxy) is 3. The highest BCUT2D eigenvalue weighted by Crippen LogP contribution is 2.59. The molecule has 2 fully saturated rings. The van der Waals surface area contributed by atoms with Gasteiger partial charge in [-0.1, -0.05) is 23.8 Å². The normalized spacial score (nSPS) is 38.2. The second kappa shape index (κ2) is 9.62. The van der Waals surface area contributed by atoms with Crippen molar-refractivity contribution in [2.75, 3.05) is 6.61 Å². The maximum Gasteiger partial charge on any atom is 0.314 e. The van der Waals surface area contributed by atoms with E-state index in [0.717, 1.165) is 0 Å². The minimum Gasteiger partial charge on any atom is -0.454 e. The molecule has 0 spiro atoms. The molecule has 202 valence electrons. The third kappa shape index (κ3) is 4.52. The molecule has 9 nitrogen and oxygen atoms in total. The van der Waals surface area contributed by atoms with E-state index in [-0.39, 0.29) is 31.4 Å². The molecule has 1 aromatic carbocycles. The van der Waals surface area contributed by atoms with Crippen LogP contribution in [0.3, 0.4) is 0 Å². The zero-order valence-electron chi connectivity index (χ0n) is 21.9. The Hall–Kier alpha value is -2.59. The summed E-state index contributed by atoms with van der Waals surface area (Å²) in [5.74, 6) is -3.75. The van der Waals surface area contributed by atoms with Gasteiger partial charge in [0.1, 0.15) is 18.0 Å². The minimum absolute atomic E-state index is 0.0280. The van der Waals surface area contributed by atoms with Gasteiger partial charge >= 0.3 is 11.9 Å². The van der Waals surface area contributed by atoms with Crippen LogP contribution in [0, 0.1) is 17.3 Å².